The van der Waals surface area contributed by atoms with E-state index >= 15 is 4.39 Å². The van der Waals surface area contributed by atoms with Crippen LogP contribution in [0, 0.1) is 17.1 Å². The molecule has 2 fully saturated rings. The summed E-state index contributed by atoms with van der Waals surface area (Å²) in [5.74, 6) is 0.839. The molecule has 0 bridgehead atoms. The van der Waals surface area contributed by atoms with E-state index in [1.54, 1.807) is 15.6 Å². The Bertz CT molecular complexity index is 1660. The molecular weight excluding hydrogens is 549 g/mol. The Morgan fingerprint density at radius 3 is 2.74 bits per heavy atom. The van der Waals surface area contributed by atoms with Crippen LogP contribution in [0.15, 0.2) is 48.9 Å². The van der Waals surface area contributed by atoms with Crippen molar-refractivity contribution in [2.75, 3.05) is 73.4 Å². The minimum absolute atomic E-state index is 0.0950. The van der Waals surface area contributed by atoms with E-state index in [1.165, 1.54) is 0 Å². The third kappa shape index (κ3) is 5.86. The standard InChI is InChI=1S/C30H34FN11O/c1-38(2)22-9-11-33-25(18-22)39-14-16-40(17-15-39)30-27(31)29(35-21-6-5-12-41(20-21)26(43)8-10-32)36-28(37-30)23-19-34-42-13-4-3-7-24(23)42/h3-4,7,9,11,13,18-19,21H,5-6,8,12,14-17,20H2,1-2H3,(H,35,36,37)/t21-/m1/s1. The lowest BCUT2D eigenvalue weighted by atomic mass is 10.1. The van der Waals surface area contributed by atoms with Crippen LogP contribution in [0.1, 0.15) is 19.3 Å². The molecule has 13 heteroatoms. The highest BCUT2D eigenvalue weighted by Crippen LogP contribution is 2.31. The predicted octanol–water partition coefficient (Wildman–Crippen LogP) is 3.03. The van der Waals surface area contributed by atoms with Crippen molar-refractivity contribution in [3.05, 3.63) is 54.7 Å². The van der Waals surface area contributed by atoms with Crippen LogP contribution >= 0.6 is 0 Å². The monoisotopic (exact) mass is 583 g/mol. The normalized spacial score (nSPS) is 17.2. The highest BCUT2D eigenvalue weighted by atomic mass is 19.1. The molecule has 4 aromatic heterocycles. The van der Waals surface area contributed by atoms with E-state index in [4.69, 9.17) is 10.2 Å². The van der Waals surface area contributed by atoms with Gasteiger partial charge < -0.3 is 24.9 Å². The van der Waals surface area contributed by atoms with E-state index in [1.807, 2.05) is 66.6 Å². The zero-order valence-electron chi connectivity index (χ0n) is 24.3. The van der Waals surface area contributed by atoms with E-state index in [-0.39, 0.29) is 30.0 Å². The van der Waals surface area contributed by atoms with Crippen molar-refractivity contribution in [2.24, 2.45) is 0 Å². The molecule has 2 aliphatic rings. The quantitative estimate of drug-likeness (QED) is 0.347. The zero-order valence-corrected chi connectivity index (χ0v) is 24.3. The van der Waals surface area contributed by atoms with Crippen LogP contribution in [0.3, 0.4) is 0 Å². The van der Waals surface area contributed by atoms with Crippen molar-refractivity contribution in [3.63, 3.8) is 0 Å². The van der Waals surface area contributed by atoms with Gasteiger partial charge in [0.05, 0.1) is 23.3 Å². The largest absolute Gasteiger partial charge is 0.378 e. The molecule has 0 aliphatic carbocycles. The van der Waals surface area contributed by atoms with Gasteiger partial charge >= 0.3 is 0 Å². The molecule has 0 spiro atoms. The van der Waals surface area contributed by atoms with Crippen LogP contribution in [0.5, 0.6) is 0 Å². The van der Waals surface area contributed by atoms with Gasteiger partial charge in [-0.2, -0.15) is 14.8 Å². The zero-order chi connectivity index (χ0) is 29.9. The fourth-order valence-electron chi connectivity index (χ4n) is 5.67. The van der Waals surface area contributed by atoms with Crippen LogP contribution in [0.2, 0.25) is 0 Å². The predicted molar refractivity (Wildman–Crippen MR) is 163 cm³/mol. The average Bonchev–Trinajstić information content (AvgIpc) is 3.47. The number of pyridine rings is 2. The van der Waals surface area contributed by atoms with Gasteiger partial charge in [0.2, 0.25) is 11.7 Å². The van der Waals surface area contributed by atoms with E-state index in [9.17, 15) is 4.79 Å². The molecule has 0 aromatic carbocycles. The van der Waals surface area contributed by atoms with Crippen LogP contribution in [0.25, 0.3) is 16.9 Å². The number of carbonyl (C=O) groups excluding carboxylic acids is 1. The molecule has 6 rings (SSSR count). The molecule has 6 heterocycles. The van der Waals surface area contributed by atoms with E-state index in [0.29, 0.717) is 50.7 Å². The maximum absolute atomic E-state index is 16.3. The summed E-state index contributed by atoms with van der Waals surface area (Å²) in [5.41, 5.74) is 2.58. The summed E-state index contributed by atoms with van der Waals surface area (Å²) >= 11 is 0. The molecular formula is C30H34FN11O. The van der Waals surface area contributed by atoms with E-state index in [2.05, 4.69) is 31.3 Å². The minimum Gasteiger partial charge on any atom is -0.378 e. The van der Waals surface area contributed by atoms with Gasteiger partial charge in [-0.1, -0.05) is 6.07 Å². The molecule has 2 aliphatic heterocycles. The third-order valence-electron chi connectivity index (χ3n) is 8.00. The third-order valence-corrected chi connectivity index (χ3v) is 8.00. The summed E-state index contributed by atoms with van der Waals surface area (Å²) < 4.78 is 18.0. The first-order chi connectivity index (χ1) is 20.9. The van der Waals surface area contributed by atoms with Crippen LogP contribution < -0.4 is 20.0 Å². The van der Waals surface area contributed by atoms with Crippen LogP contribution in [-0.2, 0) is 4.79 Å². The summed E-state index contributed by atoms with van der Waals surface area (Å²) in [5, 5.41) is 16.7. The second kappa shape index (κ2) is 12.1. The molecule has 43 heavy (non-hydrogen) atoms. The highest BCUT2D eigenvalue weighted by Gasteiger charge is 2.29. The van der Waals surface area contributed by atoms with Gasteiger partial charge in [-0.25, -0.2) is 19.5 Å². The molecule has 12 nitrogen and oxygen atoms in total. The first-order valence-corrected chi connectivity index (χ1v) is 14.5. The number of anilines is 4. The maximum atomic E-state index is 16.3. The lowest BCUT2D eigenvalue weighted by Gasteiger charge is -2.37. The maximum Gasteiger partial charge on any atom is 0.236 e. The molecule has 1 atom stereocenters. The topological polar surface area (TPSA) is 122 Å². The van der Waals surface area contributed by atoms with Gasteiger partial charge in [0.1, 0.15) is 12.2 Å². The molecule has 0 unspecified atom stereocenters. The van der Waals surface area contributed by atoms with E-state index in [0.717, 1.165) is 29.9 Å². The number of hydrogen-bond donors (Lipinski definition) is 1. The minimum atomic E-state index is -0.526. The van der Waals surface area contributed by atoms with Crippen molar-refractivity contribution < 1.29 is 9.18 Å². The van der Waals surface area contributed by atoms with Gasteiger partial charge in [0, 0.05) is 83.6 Å². The first kappa shape index (κ1) is 28.1. The van der Waals surface area contributed by atoms with Crippen molar-refractivity contribution in [1.82, 2.24) is 29.5 Å². The van der Waals surface area contributed by atoms with Gasteiger partial charge in [-0.15, -0.1) is 0 Å². The van der Waals surface area contributed by atoms with Gasteiger partial charge in [-0.05, 0) is 31.0 Å². The number of piperazine rings is 1. The summed E-state index contributed by atoms with van der Waals surface area (Å²) in [6.07, 6.45) is 6.68. The van der Waals surface area contributed by atoms with Crippen molar-refractivity contribution in [2.45, 2.75) is 25.3 Å². The number of nitriles is 1. The number of rotatable bonds is 7. The van der Waals surface area contributed by atoms with Crippen molar-refractivity contribution in [3.8, 4) is 17.5 Å². The SMILES string of the molecule is CN(C)c1ccnc(N2CCN(c3nc(-c4cnn5ccccc45)nc(N[C@@H]4CCCN(C(=O)CC#N)C4)c3F)CC2)c1. The molecule has 4 aromatic rings. The lowest BCUT2D eigenvalue weighted by molar-refractivity contribution is -0.131. The second-order valence-corrected chi connectivity index (χ2v) is 11.0. The van der Waals surface area contributed by atoms with Gasteiger partial charge in [0.25, 0.3) is 0 Å². The fourth-order valence-corrected chi connectivity index (χ4v) is 5.67. The summed E-state index contributed by atoms with van der Waals surface area (Å²) in [6, 6.07) is 11.5. The molecule has 222 valence electrons. The Balaban J connectivity index is 1.29. The Morgan fingerprint density at radius 2 is 1.95 bits per heavy atom. The molecule has 0 saturated carbocycles. The molecule has 0 radical (unpaired) electrons. The average molecular weight is 584 g/mol. The van der Waals surface area contributed by atoms with Crippen molar-refractivity contribution in [1.29, 1.82) is 5.26 Å². The Morgan fingerprint density at radius 1 is 1.14 bits per heavy atom. The Hall–Kier alpha value is -4.99. The molecule has 1 amide bonds. The first-order valence-electron chi connectivity index (χ1n) is 14.5. The van der Waals surface area contributed by atoms with Crippen LogP contribution in [0.4, 0.5) is 27.5 Å². The number of amides is 1. The van der Waals surface area contributed by atoms with Gasteiger partial charge in [-0.3, -0.25) is 4.79 Å². The van der Waals surface area contributed by atoms with Crippen molar-refractivity contribution >= 4 is 34.6 Å². The number of fused-ring (bicyclic) bond motifs is 1. The number of likely N-dealkylation sites (tertiary alicyclic amines) is 1. The van der Waals surface area contributed by atoms with E-state index < -0.39 is 5.82 Å². The number of piperidine rings is 1. The Kier molecular flexibility index (Phi) is 7.91. The summed E-state index contributed by atoms with van der Waals surface area (Å²) in [6.45, 7) is 3.37. The summed E-state index contributed by atoms with van der Waals surface area (Å²) in [7, 11) is 3.99. The number of carbonyl (C=O) groups is 1. The lowest BCUT2D eigenvalue weighted by Crippen LogP contribution is -2.47. The highest BCUT2D eigenvalue weighted by molar-refractivity contribution is 5.79. The van der Waals surface area contributed by atoms with Crippen LogP contribution in [-0.4, -0.2) is 94.8 Å². The number of aromatic nitrogens is 5. The second-order valence-electron chi connectivity index (χ2n) is 11.0. The Labute approximate surface area is 249 Å². The molecule has 1 N–H and O–H groups in total. The summed E-state index contributed by atoms with van der Waals surface area (Å²) in [4.78, 5) is 34.2. The fraction of sp³-hybridized carbons (Fsp3) is 0.400. The number of hydrogen-bond acceptors (Lipinski definition) is 10. The molecule has 2 saturated heterocycles. The van der Waals surface area contributed by atoms with Gasteiger partial charge in [0.15, 0.2) is 17.5 Å². The smallest absolute Gasteiger partial charge is 0.236 e. The number of halogens is 1. The number of nitrogens with zero attached hydrogens (tertiary/aromatic N) is 10. The number of nitrogens with one attached hydrogen (secondary N) is 1.